The molecule has 0 bridgehead atoms. The van der Waals surface area contributed by atoms with Crippen LogP contribution in [0.3, 0.4) is 0 Å². The maximum absolute atomic E-state index is 13.0. The lowest BCUT2D eigenvalue weighted by Gasteiger charge is -2.02. The van der Waals surface area contributed by atoms with E-state index in [1.807, 2.05) is 12.1 Å². The van der Waals surface area contributed by atoms with Crippen LogP contribution in [0.4, 0.5) is 13.2 Å². The number of alkyl halides is 2. The summed E-state index contributed by atoms with van der Waals surface area (Å²) in [5.41, 5.74) is 2.42. The largest absolute Gasteiger partial charge is 0.461 e. The lowest BCUT2D eigenvalue weighted by Crippen LogP contribution is -2.05. The predicted molar refractivity (Wildman–Crippen MR) is 144 cm³/mol. The first-order valence-corrected chi connectivity index (χ1v) is 12.6. The summed E-state index contributed by atoms with van der Waals surface area (Å²) in [6.07, 6.45) is 5.98. The number of nitrogens with one attached hydrogen (secondary N) is 1. The van der Waals surface area contributed by atoms with E-state index in [0.29, 0.717) is 30.8 Å². The molecule has 0 atom stereocenters. The van der Waals surface area contributed by atoms with Crippen LogP contribution in [0.5, 0.6) is 0 Å². The predicted octanol–water partition coefficient (Wildman–Crippen LogP) is 6.14. The second-order valence-corrected chi connectivity index (χ2v) is 7.79. The van der Waals surface area contributed by atoms with Crippen LogP contribution in [0.2, 0.25) is 0 Å². The summed E-state index contributed by atoms with van der Waals surface area (Å²) in [5.74, 6) is -1.26. The molecule has 0 amide bonds. The van der Waals surface area contributed by atoms with Crippen LogP contribution in [0.1, 0.15) is 47.3 Å². The summed E-state index contributed by atoms with van der Waals surface area (Å²) >= 11 is 3.22. The number of nitrogens with zero attached hydrogens (tertiary/aromatic N) is 3. The SMILES string of the molecule is CCOC(=O)c1cn(Cc2cccc(F)c2)cn1.CCOC(=O)c1cnc[nH]1.Fc1cccc(CBr)c1.[2H]CF. The van der Waals surface area contributed by atoms with E-state index < -0.39 is 13.1 Å². The molecule has 12 heteroatoms. The summed E-state index contributed by atoms with van der Waals surface area (Å²) in [6.45, 7) is 4.66. The second kappa shape index (κ2) is 19.2. The number of hydrogen-bond donors (Lipinski definition) is 1. The Balaban J connectivity index is 0.000000308. The Bertz CT molecular complexity index is 1280. The van der Waals surface area contributed by atoms with Gasteiger partial charge in [-0.25, -0.2) is 28.3 Å². The summed E-state index contributed by atoms with van der Waals surface area (Å²) in [4.78, 5) is 32.5. The zero-order valence-corrected chi connectivity index (χ0v) is 23.0. The van der Waals surface area contributed by atoms with Gasteiger partial charge in [0.25, 0.3) is 0 Å². The Hall–Kier alpha value is -3.93. The van der Waals surface area contributed by atoms with Gasteiger partial charge in [-0.05, 0) is 49.2 Å². The number of benzene rings is 2. The Morgan fingerprint density at radius 1 is 1.03 bits per heavy atom. The summed E-state index contributed by atoms with van der Waals surface area (Å²) in [7, 11) is -1.00. The molecule has 1 N–H and O–H groups in total. The van der Waals surface area contributed by atoms with Gasteiger partial charge < -0.3 is 19.0 Å². The first-order chi connectivity index (χ1) is 19.3. The number of carbonyl (C=O) groups is 2. The third kappa shape index (κ3) is 12.9. The molecule has 4 aromatic rings. The lowest BCUT2D eigenvalue weighted by molar-refractivity contribution is 0.0510. The Morgan fingerprint density at radius 3 is 2.13 bits per heavy atom. The molecule has 0 aliphatic heterocycles. The molecule has 39 heavy (non-hydrogen) atoms. The van der Waals surface area contributed by atoms with Crippen molar-refractivity contribution in [3.63, 3.8) is 0 Å². The number of aromatic nitrogens is 4. The minimum Gasteiger partial charge on any atom is -0.461 e. The Morgan fingerprint density at radius 2 is 1.62 bits per heavy atom. The number of esters is 2. The maximum atomic E-state index is 13.0. The zero-order valence-electron chi connectivity index (χ0n) is 22.5. The molecule has 2 aromatic heterocycles. The van der Waals surface area contributed by atoms with Crippen LogP contribution < -0.4 is 0 Å². The molecule has 0 saturated heterocycles. The number of H-pyrrole nitrogens is 1. The lowest BCUT2D eigenvalue weighted by atomic mass is 10.2. The van der Waals surface area contributed by atoms with Crippen LogP contribution in [0.15, 0.2) is 73.6 Å². The highest BCUT2D eigenvalue weighted by molar-refractivity contribution is 9.08. The molecular formula is C27H30BrF3N4O4. The van der Waals surface area contributed by atoms with Crippen molar-refractivity contribution >= 4 is 27.9 Å². The highest BCUT2D eigenvalue weighted by Crippen LogP contribution is 2.08. The first-order valence-electron chi connectivity index (χ1n) is 12.2. The van der Waals surface area contributed by atoms with Gasteiger partial charge in [0.2, 0.25) is 0 Å². The summed E-state index contributed by atoms with van der Waals surface area (Å²) in [5, 5.41) is 0.713. The van der Waals surface area contributed by atoms with Gasteiger partial charge in [-0.3, -0.25) is 4.39 Å². The van der Waals surface area contributed by atoms with E-state index in [1.165, 1.54) is 43.1 Å². The van der Waals surface area contributed by atoms with Crippen LogP contribution in [0, 0.1) is 11.6 Å². The van der Waals surface area contributed by atoms with Gasteiger partial charge in [-0.1, -0.05) is 40.2 Å². The average molecular weight is 612 g/mol. The van der Waals surface area contributed by atoms with E-state index in [0.717, 1.165) is 11.1 Å². The number of carbonyl (C=O) groups excluding carboxylic acids is 2. The van der Waals surface area contributed by atoms with E-state index in [9.17, 15) is 22.8 Å². The highest BCUT2D eigenvalue weighted by Gasteiger charge is 2.10. The molecule has 0 radical (unpaired) electrons. The van der Waals surface area contributed by atoms with Gasteiger partial charge in [0, 0.05) is 18.1 Å². The molecule has 0 aliphatic rings. The summed E-state index contributed by atoms with van der Waals surface area (Å²) < 4.78 is 52.1. The first kappa shape index (κ1) is 31.3. The fourth-order valence-electron chi connectivity index (χ4n) is 2.80. The molecule has 0 fully saturated rings. The number of hydrogen-bond acceptors (Lipinski definition) is 6. The van der Waals surface area contributed by atoms with Crippen LogP contribution in [0.25, 0.3) is 0 Å². The fourth-order valence-corrected chi connectivity index (χ4v) is 3.15. The number of rotatable bonds is 7. The molecule has 2 heterocycles. The van der Waals surface area contributed by atoms with Crippen molar-refractivity contribution in [1.82, 2.24) is 19.5 Å². The van der Waals surface area contributed by atoms with Crippen molar-refractivity contribution in [2.24, 2.45) is 0 Å². The standard InChI is InChI=1S/C13H13FN2O2.C7H6BrF.C6H8N2O2.CH3F/c1-2-18-13(17)12-8-16(9-15-12)7-10-4-3-5-11(14)6-10;8-5-6-2-1-3-7(9)4-6;1-2-10-6(9)5-3-7-4-8-5;1-2/h3-6,8-9H,2,7H2,1H3;1-4H,5H2;3-4H,2H2,1H3,(H,7,8);1H3/i;;;1D. The van der Waals surface area contributed by atoms with Crippen LogP contribution in [-0.4, -0.2) is 51.8 Å². The van der Waals surface area contributed by atoms with E-state index in [-0.39, 0.29) is 23.3 Å². The molecule has 0 aliphatic carbocycles. The van der Waals surface area contributed by atoms with Crippen LogP contribution >= 0.6 is 15.9 Å². The van der Waals surface area contributed by atoms with E-state index >= 15 is 0 Å². The van der Waals surface area contributed by atoms with Gasteiger partial charge in [-0.2, -0.15) is 0 Å². The Kier molecular flexibility index (Phi) is 15.4. The molecular weight excluding hydrogens is 581 g/mol. The number of imidazole rings is 2. The normalized spacial score (nSPS) is 9.85. The van der Waals surface area contributed by atoms with Crippen LogP contribution in [-0.2, 0) is 21.3 Å². The van der Waals surface area contributed by atoms with Crippen molar-refractivity contribution in [3.05, 3.63) is 108 Å². The van der Waals surface area contributed by atoms with Crippen molar-refractivity contribution in [1.29, 1.82) is 0 Å². The smallest absolute Gasteiger partial charge is 0.358 e. The highest BCUT2D eigenvalue weighted by atomic mass is 79.9. The van der Waals surface area contributed by atoms with Gasteiger partial charge in [0.05, 0.1) is 40.6 Å². The second-order valence-electron chi connectivity index (χ2n) is 7.23. The quantitative estimate of drug-likeness (QED) is 0.199. The molecule has 0 unspecified atom stereocenters. The Labute approximate surface area is 234 Å². The monoisotopic (exact) mass is 611 g/mol. The fraction of sp³-hybridized carbons (Fsp3) is 0.259. The van der Waals surface area contributed by atoms with Crippen molar-refractivity contribution in [2.75, 3.05) is 20.4 Å². The third-order valence-corrected chi connectivity index (χ3v) is 5.06. The summed E-state index contributed by atoms with van der Waals surface area (Å²) in [6, 6.07) is 12.8. The molecule has 4 rings (SSSR count). The minimum absolute atomic E-state index is 0.174. The van der Waals surface area contributed by atoms with E-state index in [2.05, 4.69) is 35.6 Å². The van der Waals surface area contributed by atoms with Crippen molar-refractivity contribution in [3.8, 4) is 0 Å². The van der Waals surface area contributed by atoms with Gasteiger partial charge in [-0.15, -0.1) is 0 Å². The maximum Gasteiger partial charge on any atom is 0.358 e. The third-order valence-electron chi connectivity index (χ3n) is 4.41. The minimum atomic E-state index is -1.00. The topological polar surface area (TPSA) is 99.1 Å². The number of halogens is 4. The van der Waals surface area contributed by atoms with Gasteiger partial charge in [0.15, 0.2) is 5.69 Å². The number of ether oxygens (including phenoxy) is 2. The van der Waals surface area contributed by atoms with E-state index in [1.54, 1.807) is 36.7 Å². The van der Waals surface area contributed by atoms with Crippen molar-refractivity contribution in [2.45, 2.75) is 25.7 Å². The average Bonchev–Trinajstić information content (AvgIpc) is 3.63. The zero-order chi connectivity index (χ0) is 29.8. The van der Waals surface area contributed by atoms with Gasteiger partial charge in [0.1, 0.15) is 17.3 Å². The molecule has 8 nitrogen and oxygen atoms in total. The number of aromatic amines is 1. The van der Waals surface area contributed by atoms with Gasteiger partial charge >= 0.3 is 11.9 Å². The van der Waals surface area contributed by atoms with E-state index in [4.69, 9.17) is 6.11 Å². The van der Waals surface area contributed by atoms with Crippen molar-refractivity contribution < 1.29 is 33.6 Å². The molecule has 210 valence electrons. The molecule has 0 spiro atoms. The molecule has 2 aromatic carbocycles. The molecule has 0 saturated carbocycles.